The van der Waals surface area contributed by atoms with Crippen LogP contribution in [0.5, 0.6) is 0 Å². The van der Waals surface area contributed by atoms with Crippen LogP contribution in [-0.2, 0) is 0 Å². The van der Waals surface area contributed by atoms with Gasteiger partial charge < -0.3 is 10.4 Å². The summed E-state index contributed by atoms with van der Waals surface area (Å²) in [6, 6.07) is 5.44. The van der Waals surface area contributed by atoms with Gasteiger partial charge in [-0.3, -0.25) is 0 Å². The van der Waals surface area contributed by atoms with E-state index in [-0.39, 0.29) is 12.6 Å². The summed E-state index contributed by atoms with van der Waals surface area (Å²) in [4.78, 5) is 3.85. The van der Waals surface area contributed by atoms with Crippen LogP contribution in [0.4, 0.5) is 5.69 Å². The smallest absolute Gasteiger partial charge is 0.142 e. The molecule has 0 radical (unpaired) electrons. The van der Waals surface area contributed by atoms with Gasteiger partial charge in [0.2, 0.25) is 0 Å². The highest BCUT2D eigenvalue weighted by molar-refractivity contribution is 5.46. The molecule has 0 unspecified atom stereocenters. The third-order valence-electron chi connectivity index (χ3n) is 1.96. The van der Waals surface area contributed by atoms with E-state index < -0.39 is 0 Å². The van der Waals surface area contributed by atoms with Crippen molar-refractivity contribution in [2.45, 2.75) is 19.4 Å². The SMILES string of the molecule is CC[C@@H](CO)Nc1ccnc(C#N)c1. The summed E-state index contributed by atoms with van der Waals surface area (Å²) in [5, 5.41) is 20.7. The van der Waals surface area contributed by atoms with Crippen LogP contribution in [0.3, 0.4) is 0 Å². The van der Waals surface area contributed by atoms with Crippen molar-refractivity contribution in [1.82, 2.24) is 4.98 Å². The molecule has 0 fully saturated rings. The molecular weight excluding hydrogens is 178 g/mol. The van der Waals surface area contributed by atoms with Crippen LogP contribution < -0.4 is 5.32 Å². The molecule has 14 heavy (non-hydrogen) atoms. The molecule has 0 aliphatic carbocycles. The molecule has 0 aliphatic rings. The van der Waals surface area contributed by atoms with Gasteiger partial charge in [0.25, 0.3) is 0 Å². The molecule has 1 atom stereocenters. The van der Waals surface area contributed by atoms with Crippen LogP contribution in [0.15, 0.2) is 18.3 Å². The van der Waals surface area contributed by atoms with E-state index in [9.17, 15) is 0 Å². The van der Waals surface area contributed by atoms with Crippen LogP contribution in [-0.4, -0.2) is 22.7 Å². The fourth-order valence-electron chi connectivity index (χ4n) is 1.09. The standard InChI is InChI=1S/C10H13N3O/c1-2-8(7-14)13-9-3-4-12-10(5-9)6-11/h3-5,8,14H,2,7H2,1H3,(H,12,13)/t8-/m0/s1. The molecule has 0 aliphatic heterocycles. The molecule has 0 bridgehead atoms. The van der Waals surface area contributed by atoms with Gasteiger partial charge in [-0.25, -0.2) is 4.98 Å². The van der Waals surface area contributed by atoms with Crippen molar-refractivity contribution in [2.75, 3.05) is 11.9 Å². The molecule has 2 N–H and O–H groups in total. The number of anilines is 1. The first-order valence-electron chi connectivity index (χ1n) is 4.53. The number of hydrogen-bond donors (Lipinski definition) is 2. The van der Waals surface area contributed by atoms with E-state index in [0.717, 1.165) is 12.1 Å². The van der Waals surface area contributed by atoms with E-state index in [1.54, 1.807) is 18.3 Å². The lowest BCUT2D eigenvalue weighted by Crippen LogP contribution is -2.22. The Morgan fingerprint density at radius 2 is 2.50 bits per heavy atom. The second-order valence-corrected chi connectivity index (χ2v) is 2.97. The Bertz CT molecular complexity index is 328. The highest BCUT2D eigenvalue weighted by atomic mass is 16.3. The lowest BCUT2D eigenvalue weighted by molar-refractivity contribution is 0.272. The van der Waals surface area contributed by atoms with Crippen molar-refractivity contribution in [3.05, 3.63) is 24.0 Å². The predicted octanol–water partition coefficient (Wildman–Crippen LogP) is 1.14. The van der Waals surface area contributed by atoms with Gasteiger partial charge in [0.15, 0.2) is 0 Å². The summed E-state index contributed by atoms with van der Waals surface area (Å²) < 4.78 is 0. The molecule has 0 saturated carbocycles. The monoisotopic (exact) mass is 191 g/mol. The quantitative estimate of drug-likeness (QED) is 0.748. The van der Waals surface area contributed by atoms with Crippen molar-refractivity contribution in [3.8, 4) is 6.07 Å². The summed E-state index contributed by atoms with van der Waals surface area (Å²) in [7, 11) is 0. The Morgan fingerprint density at radius 3 is 3.07 bits per heavy atom. The molecule has 74 valence electrons. The molecule has 0 spiro atoms. The largest absolute Gasteiger partial charge is 0.394 e. The molecule has 1 rings (SSSR count). The number of pyridine rings is 1. The summed E-state index contributed by atoms with van der Waals surface area (Å²) in [5.74, 6) is 0. The van der Waals surface area contributed by atoms with Crippen molar-refractivity contribution in [2.24, 2.45) is 0 Å². The van der Waals surface area contributed by atoms with Gasteiger partial charge in [-0.2, -0.15) is 5.26 Å². The first-order chi connectivity index (χ1) is 6.80. The van der Waals surface area contributed by atoms with E-state index in [1.165, 1.54) is 0 Å². The average molecular weight is 191 g/mol. The molecule has 4 nitrogen and oxygen atoms in total. The number of aliphatic hydroxyl groups is 1. The molecule has 0 amide bonds. The second-order valence-electron chi connectivity index (χ2n) is 2.97. The normalized spacial score (nSPS) is 11.8. The summed E-state index contributed by atoms with van der Waals surface area (Å²) in [6.07, 6.45) is 2.41. The van der Waals surface area contributed by atoms with Gasteiger partial charge >= 0.3 is 0 Å². The Kier molecular flexibility index (Phi) is 3.89. The molecule has 4 heteroatoms. The molecular formula is C10H13N3O. The average Bonchev–Trinajstić information content (AvgIpc) is 2.26. The number of nitrogens with zero attached hydrogens (tertiary/aromatic N) is 2. The summed E-state index contributed by atoms with van der Waals surface area (Å²) in [6.45, 7) is 2.07. The minimum absolute atomic E-state index is 0.0314. The van der Waals surface area contributed by atoms with Crippen molar-refractivity contribution in [1.29, 1.82) is 5.26 Å². The molecule has 0 aromatic carbocycles. The predicted molar refractivity (Wildman–Crippen MR) is 53.7 cm³/mol. The maximum atomic E-state index is 8.97. The third kappa shape index (κ3) is 2.71. The van der Waals surface area contributed by atoms with Crippen LogP contribution in [0.25, 0.3) is 0 Å². The fraction of sp³-hybridized carbons (Fsp3) is 0.400. The Morgan fingerprint density at radius 1 is 1.71 bits per heavy atom. The summed E-state index contributed by atoms with van der Waals surface area (Å²) in [5.41, 5.74) is 1.19. The first kappa shape index (κ1) is 10.5. The van der Waals surface area contributed by atoms with Gasteiger partial charge in [-0.05, 0) is 18.6 Å². The van der Waals surface area contributed by atoms with Crippen LogP contribution >= 0.6 is 0 Å². The van der Waals surface area contributed by atoms with Gasteiger partial charge in [0.05, 0.1) is 6.61 Å². The number of aromatic nitrogens is 1. The zero-order valence-electron chi connectivity index (χ0n) is 8.07. The summed E-state index contributed by atoms with van der Waals surface area (Å²) >= 11 is 0. The first-order valence-corrected chi connectivity index (χ1v) is 4.53. The number of hydrogen-bond acceptors (Lipinski definition) is 4. The molecule has 1 aromatic heterocycles. The van der Waals surface area contributed by atoms with Crippen LogP contribution in [0.2, 0.25) is 0 Å². The van der Waals surface area contributed by atoms with Crippen molar-refractivity contribution >= 4 is 5.69 Å². The van der Waals surface area contributed by atoms with Crippen molar-refractivity contribution in [3.63, 3.8) is 0 Å². The molecule has 1 heterocycles. The minimum Gasteiger partial charge on any atom is -0.394 e. The highest BCUT2D eigenvalue weighted by Crippen LogP contribution is 2.09. The van der Waals surface area contributed by atoms with E-state index in [4.69, 9.17) is 10.4 Å². The molecule has 1 aromatic rings. The van der Waals surface area contributed by atoms with E-state index in [2.05, 4.69) is 10.3 Å². The van der Waals surface area contributed by atoms with E-state index >= 15 is 0 Å². The lowest BCUT2D eigenvalue weighted by Gasteiger charge is -2.14. The Labute approximate surface area is 83.2 Å². The third-order valence-corrected chi connectivity index (χ3v) is 1.96. The number of aliphatic hydroxyl groups excluding tert-OH is 1. The topological polar surface area (TPSA) is 68.9 Å². The van der Waals surface area contributed by atoms with Crippen LogP contribution in [0, 0.1) is 11.3 Å². The van der Waals surface area contributed by atoms with Gasteiger partial charge in [-0.1, -0.05) is 6.92 Å². The zero-order valence-corrected chi connectivity index (χ0v) is 8.07. The highest BCUT2D eigenvalue weighted by Gasteiger charge is 2.04. The van der Waals surface area contributed by atoms with Gasteiger partial charge in [0.1, 0.15) is 11.8 Å². The maximum Gasteiger partial charge on any atom is 0.142 e. The number of nitriles is 1. The minimum atomic E-state index is 0.0314. The van der Waals surface area contributed by atoms with Crippen molar-refractivity contribution < 1.29 is 5.11 Å². The second kappa shape index (κ2) is 5.20. The Hall–Kier alpha value is -1.60. The van der Waals surface area contributed by atoms with E-state index in [1.807, 2.05) is 13.0 Å². The number of rotatable bonds is 4. The lowest BCUT2D eigenvalue weighted by atomic mass is 10.2. The fourth-order valence-corrected chi connectivity index (χ4v) is 1.09. The maximum absolute atomic E-state index is 8.97. The van der Waals surface area contributed by atoms with Crippen LogP contribution in [0.1, 0.15) is 19.0 Å². The molecule has 0 saturated heterocycles. The zero-order chi connectivity index (χ0) is 10.4. The van der Waals surface area contributed by atoms with Gasteiger partial charge in [-0.15, -0.1) is 0 Å². The Balaban J connectivity index is 2.72. The van der Waals surface area contributed by atoms with Gasteiger partial charge in [0, 0.05) is 17.9 Å². The number of nitrogens with one attached hydrogen (secondary N) is 1. The van der Waals surface area contributed by atoms with E-state index in [0.29, 0.717) is 5.69 Å².